The van der Waals surface area contributed by atoms with E-state index in [0.717, 1.165) is 22.3 Å². The van der Waals surface area contributed by atoms with Crippen molar-refractivity contribution >= 4 is 11.6 Å². The molecule has 0 saturated carbocycles. The Labute approximate surface area is 136 Å². The maximum atomic E-state index is 12.7. The van der Waals surface area contributed by atoms with E-state index in [2.05, 4.69) is 11.8 Å². The molecule has 0 spiro atoms. The van der Waals surface area contributed by atoms with Crippen molar-refractivity contribution in [2.24, 2.45) is 0 Å². The van der Waals surface area contributed by atoms with Gasteiger partial charge in [0.1, 0.15) is 11.6 Å². The molecule has 2 aromatic carbocycles. The van der Waals surface area contributed by atoms with Crippen molar-refractivity contribution in [1.29, 1.82) is 0 Å². The average Bonchev–Trinajstić information content (AvgIpc) is 2.55. The van der Waals surface area contributed by atoms with E-state index in [1.807, 2.05) is 48.5 Å². The molecule has 0 aromatic heterocycles. The SMILES string of the molecule is CC(=O)CCC(=O)C1Cc2ccccc2C#Cc2ccccc21. The number of carbonyl (C=O) groups excluding carboxylic acids is 2. The Balaban J connectivity index is 2.04. The third-order valence-corrected chi connectivity index (χ3v) is 4.22. The highest BCUT2D eigenvalue weighted by Crippen LogP contribution is 2.29. The van der Waals surface area contributed by atoms with Gasteiger partial charge in [-0.15, -0.1) is 0 Å². The summed E-state index contributed by atoms with van der Waals surface area (Å²) >= 11 is 0. The highest BCUT2D eigenvalue weighted by molar-refractivity contribution is 5.90. The van der Waals surface area contributed by atoms with E-state index in [1.54, 1.807) is 0 Å². The number of ketones is 2. The normalized spacial score (nSPS) is 15.3. The monoisotopic (exact) mass is 302 g/mol. The summed E-state index contributed by atoms with van der Waals surface area (Å²) < 4.78 is 0. The first-order valence-corrected chi connectivity index (χ1v) is 7.86. The number of carbonyl (C=O) groups is 2. The minimum Gasteiger partial charge on any atom is -0.300 e. The molecule has 1 aliphatic rings. The van der Waals surface area contributed by atoms with Crippen LogP contribution in [-0.4, -0.2) is 11.6 Å². The Bertz CT molecular complexity index is 821. The van der Waals surface area contributed by atoms with Crippen LogP contribution in [0.15, 0.2) is 48.5 Å². The second-order valence-corrected chi connectivity index (χ2v) is 5.92. The summed E-state index contributed by atoms with van der Waals surface area (Å²) in [6, 6.07) is 15.8. The van der Waals surface area contributed by atoms with Crippen LogP contribution in [-0.2, 0) is 16.0 Å². The summed E-state index contributed by atoms with van der Waals surface area (Å²) in [5.41, 5.74) is 3.95. The van der Waals surface area contributed by atoms with E-state index >= 15 is 0 Å². The molecule has 2 aromatic rings. The molecule has 1 atom stereocenters. The van der Waals surface area contributed by atoms with Gasteiger partial charge in [-0.1, -0.05) is 48.2 Å². The summed E-state index contributed by atoms with van der Waals surface area (Å²) in [7, 11) is 0. The van der Waals surface area contributed by atoms with Gasteiger partial charge >= 0.3 is 0 Å². The van der Waals surface area contributed by atoms with Gasteiger partial charge in [0.15, 0.2) is 0 Å². The van der Waals surface area contributed by atoms with Crippen molar-refractivity contribution < 1.29 is 9.59 Å². The fraction of sp³-hybridized carbons (Fsp3) is 0.238. The van der Waals surface area contributed by atoms with E-state index in [4.69, 9.17) is 0 Å². The van der Waals surface area contributed by atoms with Crippen molar-refractivity contribution in [2.75, 3.05) is 0 Å². The van der Waals surface area contributed by atoms with E-state index in [0.29, 0.717) is 19.3 Å². The molecule has 0 heterocycles. The van der Waals surface area contributed by atoms with Crippen molar-refractivity contribution in [3.05, 3.63) is 70.8 Å². The van der Waals surface area contributed by atoms with E-state index < -0.39 is 0 Å². The van der Waals surface area contributed by atoms with Gasteiger partial charge in [0.05, 0.1) is 0 Å². The van der Waals surface area contributed by atoms with Crippen LogP contribution in [0.3, 0.4) is 0 Å². The molecule has 0 N–H and O–H groups in total. The van der Waals surface area contributed by atoms with E-state index in [9.17, 15) is 9.59 Å². The van der Waals surface area contributed by atoms with Gasteiger partial charge in [0, 0.05) is 29.9 Å². The standard InChI is InChI=1S/C21H18O2/c1-15(22)10-13-21(23)20-14-18-8-3-2-6-16(18)11-12-17-7-4-5-9-19(17)20/h2-9,20H,10,13-14H2,1H3. The zero-order valence-corrected chi connectivity index (χ0v) is 13.1. The van der Waals surface area contributed by atoms with Gasteiger partial charge in [0.2, 0.25) is 0 Å². The van der Waals surface area contributed by atoms with Crippen LogP contribution in [0.4, 0.5) is 0 Å². The van der Waals surface area contributed by atoms with Gasteiger partial charge in [-0.25, -0.2) is 0 Å². The van der Waals surface area contributed by atoms with Crippen molar-refractivity contribution in [3.8, 4) is 11.8 Å². The Morgan fingerprint density at radius 3 is 2.39 bits per heavy atom. The minimum atomic E-state index is -0.235. The van der Waals surface area contributed by atoms with Gasteiger partial charge in [-0.2, -0.15) is 0 Å². The smallest absolute Gasteiger partial charge is 0.141 e. The predicted molar refractivity (Wildman–Crippen MR) is 90.2 cm³/mol. The van der Waals surface area contributed by atoms with Crippen molar-refractivity contribution in [1.82, 2.24) is 0 Å². The molecule has 23 heavy (non-hydrogen) atoms. The molecule has 0 amide bonds. The van der Waals surface area contributed by atoms with Crippen LogP contribution in [0, 0.1) is 11.8 Å². The molecular weight excluding hydrogens is 284 g/mol. The first-order chi connectivity index (χ1) is 11.1. The summed E-state index contributed by atoms with van der Waals surface area (Å²) in [5.74, 6) is 6.35. The van der Waals surface area contributed by atoms with Crippen LogP contribution in [0.2, 0.25) is 0 Å². The van der Waals surface area contributed by atoms with Gasteiger partial charge in [-0.05, 0) is 36.6 Å². The Hall–Kier alpha value is -2.66. The molecule has 0 radical (unpaired) electrons. The maximum Gasteiger partial charge on any atom is 0.141 e. The van der Waals surface area contributed by atoms with Crippen LogP contribution in [0.1, 0.15) is 47.9 Å². The molecule has 2 nitrogen and oxygen atoms in total. The summed E-state index contributed by atoms with van der Waals surface area (Å²) in [4.78, 5) is 24.0. The molecule has 0 fully saturated rings. The number of benzene rings is 2. The zero-order chi connectivity index (χ0) is 16.2. The largest absolute Gasteiger partial charge is 0.300 e. The molecule has 0 saturated heterocycles. The molecule has 1 aliphatic carbocycles. The Morgan fingerprint density at radius 2 is 1.61 bits per heavy atom. The lowest BCUT2D eigenvalue weighted by molar-refractivity contribution is -0.124. The molecule has 3 rings (SSSR count). The third kappa shape index (κ3) is 3.40. The van der Waals surface area contributed by atoms with Crippen molar-refractivity contribution in [3.63, 3.8) is 0 Å². The summed E-state index contributed by atoms with van der Waals surface area (Å²) in [6.45, 7) is 1.53. The lowest BCUT2D eigenvalue weighted by atomic mass is 9.82. The highest BCUT2D eigenvalue weighted by atomic mass is 16.1. The predicted octanol–water partition coefficient (Wildman–Crippen LogP) is 3.66. The number of rotatable bonds is 4. The fourth-order valence-electron chi connectivity index (χ4n) is 2.96. The number of hydrogen-bond donors (Lipinski definition) is 0. The number of fused-ring (bicyclic) bond motifs is 2. The Kier molecular flexibility index (Phi) is 4.39. The molecule has 0 bridgehead atoms. The summed E-state index contributed by atoms with van der Waals surface area (Å²) in [5, 5.41) is 0. The van der Waals surface area contributed by atoms with Crippen LogP contribution >= 0.6 is 0 Å². The molecule has 114 valence electrons. The zero-order valence-electron chi connectivity index (χ0n) is 13.1. The van der Waals surface area contributed by atoms with E-state index in [-0.39, 0.29) is 17.5 Å². The van der Waals surface area contributed by atoms with E-state index in [1.165, 1.54) is 6.92 Å². The highest BCUT2D eigenvalue weighted by Gasteiger charge is 2.24. The quantitative estimate of drug-likeness (QED) is 0.808. The van der Waals surface area contributed by atoms with Gasteiger partial charge in [-0.3, -0.25) is 4.79 Å². The topological polar surface area (TPSA) is 34.1 Å². The van der Waals surface area contributed by atoms with Crippen LogP contribution < -0.4 is 0 Å². The second-order valence-electron chi connectivity index (χ2n) is 5.92. The lowest BCUT2D eigenvalue weighted by Crippen LogP contribution is -2.18. The van der Waals surface area contributed by atoms with Crippen LogP contribution in [0.5, 0.6) is 0 Å². The minimum absolute atomic E-state index is 0.0534. The average molecular weight is 302 g/mol. The maximum absolute atomic E-state index is 12.7. The molecule has 2 heteroatoms. The van der Waals surface area contributed by atoms with Crippen molar-refractivity contribution in [2.45, 2.75) is 32.1 Å². The first-order valence-electron chi connectivity index (χ1n) is 7.86. The van der Waals surface area contributed by atoms with Gasteiger partial charge in [0.25, 0.3) is 0 Å². The second kappa shape index (κ2) is 6.62. The number of Topliss-reactive ketones (excluding diaryl/α,β-unsaturated/α-hetero) is 2. The first kappa shape index (κ1) is 15.2. The third-order valence-electron chi connectivity index (χ3n) is 4.22. The molecule has 1 unspecified atom stereocenters. The number of hydrogen-bond acceptors (Lipinski definition) is 2. The summed E-state index contributed by atoms with van der Waals surface area (Å²) in [6.07, 6.45) is 1.24. The molecule has 0 aliphatic heterocycles. The van der Waals surface area contributed by atoms with Crippen LogP contribution in [0.25, 0.3) is 0 Å². The fourth-order valence-corrected chi connectivity index (χ4v) is 2.96. The Morgan fingerprint density at radius 1 is 0.957 bits per heavy atom. The molecular formula is C21H18O2. The lowest BCUT2D eigenvalue weighted by Gasteiger charge is -2.20. The van der Waals surface area contributed by atoms with Gasteiger partial charge < -0.3 is 4.79 Å².